The van der Waals surface area contributed by atoms with Crippen molar-refractivity contribution >= 4 is 46.5 Å². The number of likely N-dealkylation sites (tertiary alicyclic amines) is 1. The molecule has 4 unspecified atom stereocenters. The van der Waals surface area contributed by atoms with Gasteiger partial charge in [-0.3, -0.25) is 9.69 Å². The van der Waals surface area contributed by atoms with Gasteiger partial charge in [-0.25, -0.2) is 4.79 Å². The number of nitrogens with zero attached hydrogens (tertiary/aromatic N) is 1. The van der Waals surface area contributed by atoms with Gasteiger partial charge in [0.2, 0.25) is 5.91 Å². The summed E-state index contributed by atoms with van der Waals surface area (Å²) in [5, 5.41) is 17.5. The lowest BCUT2D eigenvalue weighted by Gasteiger charge is -2.41. The number of halogens is 2. The highest BCUT2D eigenvalue weighted by Crippen LogP contribution is 2.59. The Bertz CT molecular complexity index is 1520. The predicted molar refractivity (Wildman–Crippen MR) is 168 cm³/mol. The largest absolute Gasteiger partial charge is 0.495 e. The highest BCUT2D eigenvalue weighted by molar-refractivity contribution is 6.31. The number of methoxy groups -OCH3 is 1. The van der Waals surface area contributed by atoms with Crippen LogP contribution in [-0.2, 0) is 10.2 Å². The zero-order valence-corrected chi connectivity index (χ0v) is 26.0. The predicted octanol–water partition coefficient (Wildman–Crippen LogP) is 7.29. The Morgan fingerprint density at radius 2 is 1.83 bits per heavy atom. The van der Waals surface area contributed by atoms with Crippen molar-refractivity contribution in [2.24, 2.45) is 5.41 Å². The standard InChI is InChI=1S/C33H37Cl2N3O4/c1-6-38-27(17-32(2,3)4)33(18-36-25-16-22(35)11-12-23(25)33)28(19-8-7-9-21(34)14-19)29(38)30(39)37-24-13-10-20(31(40)41)15-26(24)42-5/h7-16,27-29,36H,6,17-18H2,1-5H3,(H,37,39)(H,40,41). The second-order valence-electron chi connectivity index (χ2n) is 12.4. The van der Waals surface area contributed by atoms with E-state index in [1.807, 2.05) is 30.3 Å². The summed E-state index contributed by atoms with van der Waals surface area (Å²) in [6, 6.07) is 17.7. The molecule has 0 aromatic heterocycles. The third-order valence-corrected chi connectivity index (χ3v) is 9.10. The van der Waals surface area contributed by atoms with Crippen LogP contribution in [0.1, 0.15) is 61.5 Å². The molecular weight excluding hydrogens is 573 g/mol. The first-order valence-electron chi connectivity index (χ1n) is 14.2. The van der Waals surface area contributed by atoms with E-state index in [9.17, 15) is 14.7 Å². The third-order valence-electron chi connectivity index (χ3n) is 8.63. The Hall–Kier alpha value is -3.26. The Morgan fingerprint density at radius 1 is 1.10 bits per heavy atom. The molecule has 1 fully saturated rings. The average Bonchev–Trinajstić information content (AvgIpc) is 3.43. The second kappa shape index (κ2) is 11.4. The smallest absolute Gasteiger partial charge is 0.335 e. The molecule has 2 aliphatic rings. The topological polar surface area (TPSA) is 90.9 Å². The summed E-state index contributed by atoms with van der Waals surface area (Å²) in [6.45, 7) is 10.1. The van der Waals surface area contributed by atoms with Gasteiger partial charge >= 0.3 is 5.97 Å². The lowest BCUT2D eigenvalue weighted by Crippen LogP contribution is -2.48. The molecule has 0 bridgehead atoms. The molecule has 9 heteroatoms. The summed E-state index contributed by atoms with van der Waals surface area (Å²) in [6.07, 6.45) is 0.849. The Balaban J connectivity index is 1.70. The van der Waals surface area contributed by atoms with Gasteiger partial charge in [0.05, 0.1) is 24.4 Å². The summed E-state index contributed by atoms with van der Waals surface area (Å²) in [5.74, 6) is -1.24. The quantitative estimate of drug-likeness (QED) is 0.260. The van der Waals surface area contributed by atoms with Crippen molar-refractivity contribution in [2.45, 2.75) is 57.5 Å². The molecule has 3 aromatic carbocycles. The molecule has 5 rings (SSSR count). The number of carbonyl (C=O) groups is 2. The molecule has 2 aliphatic heterocycles. The van der Waals surface area contributed by atoms with Gasteiger partial charge in [-0.05, 0) is 72.0 Å². The number of carbonyl (C=O) groups excluding carboxylic acids is 1. The summed E-state index contributed by atoms with van der Waals surface area (Å²) >= 11 is 13.0. The Labute approximate surface area is 257 Å². The van der Waals surface area contributed by atoms with E-state index >= 15 is 0 Å². The molecule has 42 heavy (non-hydrogen) atoms. The van der Waals surface area contributed by atoms with Crippen LogP contribution in [0.2, 0.25) is 10.0 Å². The van der Waals surface area contributed by atoms with E-state index in [-0.39, 0.29) is 34.6 Å². The van der Waals surface area contributed by atoms with Crippen LogP contribution in [0.15, 0.2) is 60.7 Å². The third kappa shape index (κ3) is 5.34. The molecule has 0 aliphatic carbocycles. The number of hydrogen-bond acceptors (Lipinski definition) is 5. The highest BCUT2D eigenvalue weighted by Gasteiger charge is 2.64. The Kier molecular flexibility index (Phi) is 8.23. The first-order valence-corrected chi connectivity index (χ1v) is 14.9. The van der Waals surface area contributed by atoms with Gasteiger partial charge < -0.3 is 20.5 Å². The minimum absolute atomic E-state index is 0.00781. The monoisotopic (exact) mass is 609 g/mol. The minimum Gasteiger partial charge on any atom is -0.495 e. The van der Waals surface area contributed by atoms with Crippen LogP contribution in [0.5, 0.6) is 5.75 Å². The fraction of sp³-hybridized carbons (Fsp3) is 0.394. The second-order valence-corrected chi connectivity index (χ2v) is 13.3. The van der Waals surface area contributed by atoms with Crippen molar-refractivity contribution < 1.29 is 19.4 Å². The molecule has 3 N–H and O–H groups in total. The first kappa shape index (κ1) is 30.2. The van der Waals surface area contributed by atoms with Crippen LogP contribution >= 0.6 is 23.2 Å². The van der Waals surface area contributed by atoms with E-state index in [4.69, 9.17) is 27.9 Å². The Morgan fingerprint density at radius 3 is 2.48 bits per heavy atom. The van der Waals surface area contributed by atoms with Crippen LogP contribution in [0.3, 0.4) is 0 Å². The van der Waals surface area contributed by atoms with Gasteiger partial charge in [0.15, 0.2) is 0 Å². The fourth-order valence-electron chi connectivity index (χ4n) is 7.06. The molecule has 1 spiro atoms. The lowest BCUT2D eigenvalue weighted by molar-refractivity contribution is -0.121. The molecular formula is C33H37Cl2N3O4. The van der Waals surface area contributed by atoms with E-state index in [2.05, 4.69) is 55.4 Å². The number of amides is 1. The zero-order valence-electron chi connectivity index (χ0n) is 24.5. The molecule has 3 aromatic rings. The number of aromatic carboxylic acids is 1. The van der Waals surface area contributed by atoms with Crippen molar-refractivity contribution in [1.29, 1.82) is 0 Å². The van der Waals surface area contributed by atoms with Gasteiger partial charge in [0.25, 0.3) is 0 Å². The summed E-state index contributed by atoms with van der Waals surface area (Å²) in [4.78, 5) is 28.4. The SMILES string of the molecule is CCN1C(C(=O)Nc2ccc(C(=O)O)cc2OC)C(c2cccc(Cl)c2)C2(CNc3cc(Cl)ccc32)C1CC(C)(C)C. The maximum atomic E-state index is 14.6. The van der Waals surface area contributed by atoms with Crippen LogP contribution in [-0.4, -0.2) is 54.2 Å². The number of rotatable bonds is 7. The molecule has 0 saturated carbocycles. The van der Waals surface area contributed by atoms with Crippen molar-refractivity contribution in [2.75, 3.05) is 30.8 Å². The molecule has 4 atom stereocenters. The van der Waals surface area contributed by atoms with Gasteiger partial charge in [0.1, 0.15) is 5.75 Å². The molecule has 7 nitrogen and oxygen atoms in total. The van der Waals surface area contributed by atoms with Gasteiger partial charge in [-0.1, -0.05) is 69.1 Å². The molecule has 0 radical (unpaired) electrons. The number of carboxylic acids is 1. The molecule has 1 saturated heterocycles. The maximum Gasteiger partial charge on any atom is 0.335 e. The van der Waals surface area contributed by atoms with Gasteiger partial charge in [-0.2, -0.15) is 0 Å². The van der Waals surface area contributed by atoms with E-state index < -0.39 is 17.4 Å². The van der Waals surface area contributed by atoms with Crippen molar-refractivity contribution in [3.8, 4) is 5.75 Å². The minimum atomic E-state index is -1.07. The molecule has 1 amide bonds. The number of ether oxygens (including phenoxy) is 1. The first-order chi connectivity index (χ1) is 19.9. The van der Waals surface area contributed by atoms with E-state index in [1.54, 1.807) is 6.07 Å². The lowest BCUT2D eigenvalue weighted by atomic mass is 9.63. The highest BCUT2D eigenvalue weighted by atomic mass is 35.5. The molecule has 222 valence electrons. The van der Waals surface area contributed by atoms with E-state index in [1.165, 1.54) is 19.2 Å². The number of hydrogen-bond donors (Lipinski definition) is 3. The zero-order chi connectivity index (χ0) is 30.4. The summed E-state index contributed by atoms with van der Waals surface area (Å²) in [7, 11) is 1.46. The van der Waals surface area contributed by atoms with Crippen molar-refractivity contribution in [1.82, 2.24) is 4.90 Å². The number of benzene rings is 3. The van der Waals surface area contributed by atoms with Crippen LogP contribution in [0.25, 0.3) is 0 Å². The number of carboxylic acid groups (broad SMARTS) is 1. The average molecular weight is 611 g/mol. The van der Waals surface area contributed by atoms with E-state index in [0.29, 0.717) is 28.8 Å². The number of fused-ring (bicyclic) bond motifs is 2. The summed E-state index contributed by atoms with van der Waals surface area (Å²) < 4.78 is 5.49. The van der Waals surface area contributed by atoms with Gasteiger partial charge in [0, 0.05) is 39.7 Å². The maximum absolute atomic E-state index is 14.6. The normalized spacial score (nSPS) is 23.5. The van der Waals surface area contributed by atoms with Crippen LogP contribution in [0, 0.1) is 5.41 Å². The number of anilines is 2. The molecule has 2 heterocycles. The van der Waals surface area contributed by atoms with Gasteiger partial charge in [-0.15, -0.1) is 0 Å². The van der Waals surface area contributed by atoms with E-state index in [0.717, 1.165) is 23.2 Å². The van der Waals surface area contributed by atoms with Crippen molar-refractivity contribution in [3.63, 3.8) is 0 Å². The summed E-state index contributed by atoms with van der Waals surface area (Å²) in [5.41, 5.74) is 3.11. The van der Waals surface area contributed by atoms with Crippen molar-refractivity contribution in [3.05, 3.63) is 87.4 Å². The van der Waals surface area contributed by atoms with Crippen LogP contribution in [0.4, 0.5) is 11.4 Å². The van der Waals surface area contributed by atoms with Crippen LogP contribution < -0.4 is 15.4 Å². The number of nitrogens with one attached hydrogen (secondary N) is 2. The fourth-order valence-corrected chi connectivity index (χ4v) is 7.43. The number of likely N-dealkylation sites (N-methyl/N-ethyl adjacent to an activating group) is 1.